The van der Waals surface area contributed by atoms with E-state index in [1.807, 2.05) is 0 Å². The maximum Gasteiger partial charge on any atom is 0.514 e. The van der Waals surface area contributed by atoms with Crippen LogP contribution in [0.15, 0.2) is 28.8 Å². The molecule has 0 radical (unpaired) electrons. The Labute approximate surface area is 108 Å². The van der Waals surface area contributed by atoms with E-state index in [1.54, 1.807) is 13.8 Å². The van der Waals surface area contributed by atoms with E-state index in [0.717, 1.165) is 0 Å². The molecule has 0 spiro atoms. The lowest BCUT2D eigenvalue weighted by Gasteiger charge is -2.04. The number of ether oxygens (including phenoxy) is 2. The minimum atomic E-state index is -0.836. The first-order valence-corrected chi connectivity index (χ1v) is 5.68. The first-order chi connectivity index (χ1) is 9.11. The van der Waals surface area contributed by atoms with Crippen molar-refractivity contribution in [1.82, 2.24) is 5.16 Å². The van der Waals surface area contributed by atoms with Crippen molar-refractivity contribution in [2.24, 2.45) is 0 Å². The highest BCUT2D eigenvalue weighted by Gasteiger charge is 2.20. The number of benzene rings is 1. The number of nitrogens with zero attached hydrogens (tertiary/aromatic N) is 1. The number of aromatic nitrogens is 1. The number of carbonyl (C=O) groups excluding carboxylic acids is 1. The monoisotopic (exact) mass is 265 g/mol. The SMILES string of the molecule is CCOC(=O)Oc1c(-c2ccc(F)cc2)noc1C. The first-order valence-electron chi connectivity index (χ1n) is 5.68. The summed E-state index contributed by atoms with van der Waals surface area (Å²) in [4.78, 5) is 11.3. The zero-order chi connectivity index (χ0) is 13.8. The van der Waals surface area contributed by atoms with Crippen LogP contribution in [-0.2, 0) is 4.74 Å². The average Bonchev–Trinajstić information content (AvgIpc) is 2.73. The average molecular weight is 265 g/mol. The number of carbonyl (C=O) groups is 1. The Morgan fingerprint density at radius 2 is 2.05 bits per heavy atom. The fraction of sp³-hybridized carbons (Fsp3) is 0.231. The number of rotatable bonds is 3. The molecule has 1 heterocycles. The van der Waals surface area contributed by atoms with Gasteiger partial charge in [-0.2, -0.15) is 0 Å². The molecule has 100 valence electrons. The van der Waals surface area contributed by atoms with E-state index in [-0.39, 0.29) is 18.2 Å². The van der Waals surface area contributed by atoms with Crippen molar-refractivity contribution in [3.63, 3.8) is 0 Å². The van der Waals surface area contributed by atoms with E-state index in [2.05, 4.69) is 9.89 Å². The molecule has 0 aliphatic heterocycles. The van der Waals surface area contributed by atoms with Crippen LogP contribution in [0.25, 0.3) is 11.3 Å². The molecule has 19 heavy (non-hydrogen) atoms. The van der Waals surface area contributed by atoms with Crippen molar-refractivity contribution in [1.29, 1.82) is 0 Å². The minimum Gasteiger partial charge on any atom is -0.434 e. The molecule has 0 aliphatic carbocycles. The van der Waals surface area contributed by atoms with Crippen molar-refractivity contribution in [3.05, 3.63) is 35.8 Å². The Morgan fingerprint density at radius 1 is 1.37 bits per heavy atom. The largest absolute Gasteiger partial charge is 0.514 e. The van der Waals surface area contributed by atoms with Gasteiger partial charge in [-0.25, -0.2) is 9.18 Å². The van der Waals surface area contributed by atoms with Crippen LogP contribution in [0.4, 0.5) is 9.18 Å². The zero-order valence-electron chi connectivity index (χ0n) is 10.5. The van der Waals surface area contributed by atoms with Gasteiger partial charge in [0, 0.05) is 12.5 Å². The van der Waals surface area contributed by atoms with Crippen molar-refractivity contribution in [2.75, 3.05) is 6.61 Å². The lowest BCUT2D eigenvalue weighted by atomic mass is 10.1. The Hall–Kier alpha value is -2.37. The first kappa shape index (κ1) is 13.1. The molecule has 0 unspecified atom stereocenters. The lowest BCUT2D eigenvalue weighted by molar-refractivity contribution is 0.104. The van der Waals surface area contributed by atoms with E-state index in [0.29, 0.717) is 17.0 Å². The summed E-state index contributed by atoms with van der Waals surface area (Å²) in [6.45, 7) is 3.48. The second-order valence-corrected chi connectivity index (χ2v) is 3.71. The van der Waals surface area contributed by atoms with E-state index in [1.165, 1.54) is 24.3 Å². The van der Waals surface area contributed by atoms with Gasteiger partial charge >= 0.3 is 6.16 Å². The van der Waals surface area contributed by atoms with Gasteiger partial charge < -0.3 is 14.0 Å². The standard InChI is InChI=1S/C13H12FNO4/c1-3-17-13(16)18-12-8(2)19-15-11(12)9-4-6-10(14)7-5-9/h4-7H,3H2,1-2H3. The Balaban J connectivity index is 2.31. The zero-order valence-corrected chi connectivity index (χ0v) is 10.5. The second kappa shape index (κ2) is 5.51. The highest BCUT2D eigenvalue weighted by molar-refractivity contribution is 5.72. The van der Waals surface area contributed by atoms with Gasteiger partial charge in [0.25, 0.3) is 0 Å². The fourth-order valence-corrected chi connectivity index (χ4v) is 1.51. The molecule has 6 heteroatoms. The van der Waals surface area contributed by atoms with Gasteiger partial charge in [-0.3, -0.25) is 0 Å². The van der Waals surface area contributed by atoms with Crippen LogP contribution in [-0.4, -0.2) is 17.9 Å². The van der Waals surface area contributed by atoms with Crippen molar-refractivity contribution in [2.45, 2.75) is 13.8 Å². The molecular formula is C13H12FNO4. The van der Waals surface area contributed by atoms with Gasteiger partial charge in [0.1, 0.15) is 5.82 Å². The molecule has 1 aromatic heterocycles. The van der Waals surface area contributed by atoms with E-state index < -0.39 is 6.16 Å². The molecule has 0 atom stereocenters. The quantitative estimate of drug-likeness (QED) is 0.796. The second-order valence-electron chi connectivity index (χ2n) is 3.71. The van der Waals surface area contributed by atoms with Gasteiger partial charge in [0.05, 0.1) is 6.61 Å². The summed E-state index contributed by atoms with van der Waals surface area (Å²) in [7, 11) is 0. The van der Waals surface area contributed by atoms with Gasteiger partial charge in [-0.15, -0.1) is 0 Å². The van der Waals surface area contributed by atoms with Gasteiger partial charge in [-0.1, -0.05) is 5.16 Å². The van der Waals surface area contributed by atoms with Crippen LogP contribution in [0.2, 0.25) is 0 Å². The van der Waals surface area contributed by atoms with Crippen LogP contribution in [0, 0.1) is 12.7 Å². The molecule has 0 saturated carbocycles. The molecule has 0 amide bonds. The van der Waals surface area contributed by atoms with Crippen molar-refractivity contribution < 1.29 is 23.2 Å². The summed E-state index contributed by atoms with van der Waals surface area (Å²) in [5, 5.41) is 3.80. The van der Waals surface area contributed by atoms with Crippen molar-refractivity contribution in [3.8, 4) is 17.0 Å². The van der Waals surface area contributed by atoms with Crippen LogP contribution in [0.5, 0.6) is 5.75 Å². The molecule has 0 aliphatic rings. The molecule has 5 nitrogen and oxygen atoms in total. The normalized spacial score (nSPS) is 10.3. The molecule has 0 bridgehead atoms. The number of hydrogen-bond donors (Lipinski definition) is 0. The van der Waals surface area contributed by atoms with E-state index >= 15 is 0 Å². The highest BCUT2D eigenvalue weighted by atomic mass is 19.1. The third kappa shape index (κ3) is 2.90. The molecule has 2 aromatic rings. The van der Waals surface area contributed by atoms with E-state index in [9.17, 15) is 9.18 Å². The molecule has 2 rings (SSSR count). The molecule has 1 aromatic carbocycles. The molecular weight excluding hydrogens is 253 g/mol. The lowest BCUT2D eigenvalue weighted by Crippen LogP contribution is -2.10. The summed E-state index contributed by atoms with van der Waals surface area (Å²) in [6, 6.07) is 5.61. The van der Waals surface area contributed by atoms with Gasteiger partial charge in [0.15, 0.2) is 11.5 Å². The number of hydrogen-bond acceptors (Lipinski definition) is 5. The summed E-state index contributed by atoms with van der Waals surface area (Å²) in [6.07, 6.45) is -0.836. The summed E-state index contributed by atoms with van der Waals surface area (Å²) in [5.74, 6) is 0.147. The fourth-order valence-electron chi connectivity index (χ4n) is 1.51. The van der Waals surface area contributed by atoms with Gasteiger partial charge in [0.2, 0.25) is 5.75 Å². The van der Waals surface area contributed by atoms with Gasteiger partial charge in [-0.05, 0) is 31.2 Å². The van der Waals surface area contributed by atoms with Crippen molar-refractivity contribution >= 4 is 6.16 Å². The number of halogens is 1. The summed E-state index contributed by atoms with van der Waals surface area (Å²) >= 11 is 0. The molecule has 0 N–H and O–H groups in total. The summed E-state index contributed by atoms with van der Waals surface area (Å²) < 4.78 is 27.6. The third-order valence-electron chi connectivity index (χ3n) is 2.37. The molecule has 0 fully saturated rings. The number of aryl methyl sites for hydroxylation is 1. The predicted molar refractivity (Wildman–Crippen MR) is 64.3 cm³/mol. The molecule has 0 saturated heterocycles. The highest BCUT2D eigenvalue weighted by Crippen LogP contribution is 2.32. The van der Waals surface area contributed by atoms with Crippen LogP contribution in [0.3, 0.4) is 0 Å². The van der Waals surface area contributed by atoms with E-state index in [4.69, 9.17) is 9.26 Å². The third-order valence-corrected chi connectivity index (χ3v) is 2.37. The van der Waals surface area contributed by atoms with Crippen LogP contribution in [0.1, 0.15) is 12.7 Å². The van der Waals surface area contributed by atoms with Crippen LogP contribution < -0.4 is 4.74 Å². The van der Waals surface area contributed by atoms with Crippen LogP contribution >= 0.6 is 0 Å². The predicted octanol–water partition coefficient (Wildman–Crippen LogP) is 3.32. The minimum absolute atomic E-state index is 0.171. The Morgan fingerprint density at radius 3 is 2.68 bits per heavy atom. The summed E-state index contributed by atoms with van der Waals surface area (Å²) in [5.41, 5.74) is 0.906. The smallest absolute Gasteiger partial charge is 0.434 e. The maximum atomic E-state index is 12.9. The topological polar surface area (TPSA) is 61.6 Å². The Bertz CT molecular complexity index is 577. The Kier molecular flexibility index (Phi) is 3.79. The maximum absolute atomic E-state index is 12.9.